The lowest BCUT2D eigenvalue weighted by atomic mass is 10.1. The first-order valence-corrected chi connectivity index (χ1v) is 14.1. The van der Waals surface area contributed by atoms with Crippen molar-refractivity contribution in [3.63, 3.8) is 0 Å². The second-order valence-corrected chi connectivity index (χ2v) is 10.9. The van der Waals surface area contributed by atoms with E-state index < -0.39 is 16.1 Å². The molecule has 1 N–H and O–H groups in total. The van der Waals surface area contributed by atoms with Gasteiger partial charge in [-0.1, -0.05) is 61.9 Å². The van der Waals surface area contributed by atoms with Gasteiger partial charge >= 0.3 is 0 Å². The molecule has 192 valence electrons. The lowest BCUT2D eigenvalue weighted by molar-refractivity contribution is -0.141. The molecule has 0 heterocycles. The molecule has 0 spiro atoms. The van der Waals surface area contributed by atoms with Crippen LogP contribution in [0, 0.1) is 6.92 Å². The molecule has 2 aromatic carbocycles. The van der Waals surface area contributed by atoms with Crippen LogP contribution >= 0.6 is 0 Å². The van der Waals surface area contributed by atoms with Gasteiger partial charge in [0.1, 0.15) is 6.04 Å². The summed E-state index contributed by atoms with van der Waals surface area (Å²) in [6, 6.07) is 16.3. The first-order chi connectivity index (χ1) is 16.6. The summed E-state index contributed by atoms with van der Waals surface area (Å²) in [7, 11) is -3.50. The summed E-state index contributed by atoms with van der Waals surface area (Å²) in [5.74, 6) is -0.332. The maximum atomic E-state index is 13.4. The predicted octanol–water partition coefficient (Wildman–Crippen LogP) is 4.26. The number of aryl methyl sites for hydroxylation is 1. The Morgan fingerprint density at radius 1 is 0.971 bits per heavy atom. The van der Waals surface area contributed by atoms with Gasteiger partial charge in [0.15, 0.2) is 0 Å². The van der Waals surface area contributed by atoms with Crippen molar-refractivity contribution >= 4 is 27.5 Å². The normalized spacial score (nSPS) is 13.1. The lowest BCUT2D eigenvalue weighted by Crippen LogP contribution is -2.50. The lowest BCUT2D eigenvalue weighted by Gasteiger charge is -2.32. The topological polar surface area (TPSA) is 86.8 Å². The van der Waals surface area contributed by atoms with Crippen molar-refractivity contribution in [3.8, 4) is 0 Å². The van der Waals surface area contributed by atoms with E-state index >= 15 is 0 Å². The van der Waals surface area contributed by atoms with E-state index in [0.717, 1.165) is 17.5 Å². The van der Waals surface area contributed by atoms with Crippen LogP contribution in [0.2, 0.25) is 0 Å². The molecule has 0 radical (unpaired) electrons. The number of benzene rings is 2. The minimum Gasteiger partial charge on any atom is -0.352 e. The fourth-order valence-electron chi connectivity index (χ4n) is 3.86. The Kier molecular flexibility index (Phi) is 10.8. The Balaban J connectivity index is 2.18. The fraction of sp³-hybridized carbons (Fsp3) is 0.481. The number of nitrogens with one attached hydrogen (secondary N) is 1. The molecule has 0 unspecified atom stereocenters. The maximum Gasteiger partial charge on any atom is 0.243 e. The van der Waals surface area contributed by atoms with Crippen LogP contribution in [-0.4, -0.2) is 50.0 Å². The second-order valence-electron chi connectivity index (χ2n) is 9.02. The second kappa shape index (κ2) is 13.3. The summed E-state index contributed by atoms with van der Waals surface area (Å²) < 4.78 is 26.2. The average Bonchev–Trinajstić information content (AvgIpc) is 2.82. The molecule has 0 aliphatic carbocycles. The van der Waals surface area contributed by atoms with Gasteiger partial charge in [0.05, 0.1) is 11.9 Å². The van der Waals surface area contributed by atoms with Crippen LogP contribution in [0.4, 0.5) is 5.69 Å². The van der Waals surface area contributed by atoms with Crippen LogP contribution in [-0.2, 0) is 26.2 Å². The van der Waals surface area contributed by atoms with Gasteiger partial charge in [-0.3, -0.25) is 13.9 Å². The summed E-state index contributed by atoms with van der Waals surface area (Å²) in [5.41, 5.74) is 2.55. The number of nitrogens with zero attached hydrogens (tertiary/aromatic N) is 2. The Morgan fingerprint density at radius 3 is 2.14 bits per heavy atom. The Morgan fingerprint density at radius 2 is 1.60 bits per heavy atom. The Bertz CT molecular complexity index is 1060. The van der Waals surface area contributed by atoms with E-state index in [1.807, 2.05) is 70.2 Å². The zero-order chi connectivity index (χ0) is 26.0. The van der Waals surface area contributed by atoms with Crippen molar-refractivity contribution in [2.24, 2.45) is 0 Å². The highest BCUT2D eigenvalue weighted by atomic mass is 32.2. The molecule has 0 aromatic heterocycles. The molecule has 2 aromatic rings. The maximum absolute atomic E-state index is 13.4. The largest absolute Gasteiger partial charge is 0.352 e. The quantitative estimate of drug-likeness (QED) is 0.444. The molecular weight excluding hydrogens is 462 g/mol. The van der Waals surface area contributed by atoms with Crippen molar-refractivity contribution in [2.75, 3.05) is 17.1 Å². The Hall–Kier alpha value is -2.87. The van der Waals surface area contributed by atoms with Crippen molar-refractivity contribution < 1.29 is 18.0 Å². The third-order valence-corrected chi connectivity index (χ3v) is 7.25. The minimum atomic E-state index is -3.50. The van der Waals surface area contributed by atoms with Crippen LogP contribution in [0.5, 0.6) is 0 Å². The predicted molar refractivity (Wildman–Crippen MR) is 142 cm³/mol. The first-order valence-electron chi connectivity index (χ1n) is 12.2. The van der Waals surface area contributed by atoms with Gasteiger partial charge in [-0.05, 0) is 50.8 Å². The number of sulfonamides is 1. The molecule has 2 rings (SSSR count). The fourth-order valence-corrected chi connectivity index (χ4v) is 4.82. The zero-order valence-electron chi connectivity index (χ0n) is 21.5. The number of carbonyl (C=O) groups is 2. The van der Waals surface area contributed by atoms with E-state index in [0.29, 0.717) is 25.1 Å². The van der Waals surface area contributed by atoms with Gasteiger partial charge < -0.3 is 10.2 Å². The van der Waals surface area contributed by atoms with E-state index in [1.54, 1.807) is 17.0 Å². The van der Waals surface area contributed by atoms with Crippen molar-refractivity contribution in [1.29, 1.82) is 0 Å². The third kappa shape index (κ3) is 8.69. The van der Waals surface area contributed by atoms with Crippen molar-refractivity contribution in [1.82, 2.24) is 10.2 Å². The molecule has 0 saturated carbocycles. The first kappa shape index (κ1) is 28.4. The number of anilines is 1. The van der Waals surface area contributed by atoms with Gasteiger partial charge in [0.2, 0.25) is 21.8 Å². The van der Waals surface area contributed by atoms with Crippen LogP contribution in [0.25, 0.3) is 0 Å². The molecule has 0 aliphatic heterocycles. The molecule has 7 nitrogen and oxygen atoms in total. The van der Waals surface area contributed by atoms with Crippen LogP contribution < -0.4 is 9.62 Å². The number of hydrogen-bond acceptors (Lipinski definition) is 4. The van der Waals surface area contributed by atoms with Gasteiger partial charge in [-0.2, -0.15) is 0 Å². The number of hydrogen-bond donors (Lipinski definition) is 1. The van der Waals surface area contributed by atoms with E-state index in [9.17, 15) is 18.0 Å². The summed E-state index contributed by atoms with van der Waals surface area (Å²) >= 11 is 0. The van der Waals surface area contributed by atoms with E-state index in [4.69, 9.17) is 0 Å². The SMILES string of the molecule is CC[C@H](C(=O)N[C@@H](C)CC)N(Cc1ccccc1)C(=O)CCCN(c1ccc(C)cc1)S(C)(=O)=O. The van der Waals surface area contributed by atoms with Crippen LogP contribution in [0.1, 0.15) is 57.6 Å². The molecule has 2 atom stereocenters. The van der Waals surface area contributed by atoms with Gasteiger partial charge in [0.25, 0.3) is 0 Å². The summed E-state index contributed by atoms with van der Waals surface area (Å²) in [5, 5.41) is 3.00. The summed E-state index contributed by atoms with van der Waals surface area (Å²) in [6.45, 7) is 8.28. The van der Waals surface area contributed by atoms with E-state index in [2.05, 4.69) is 5.32 Å². The molecule has 0 aliphatic rings. The molecular formula is C27H39N3O4S. The molecule has 0 bridgehead atoms. The highest BCUT2D eigenvalue weighted by Gasteiger charge is 2.29. The molecule has 0 saturated heterocycles. The molecule has 35 heavy (non-hydrogen) atoms. The zero-order valence-corrected chi connectivity index (χ0v) is 22.3. The number of amides is 2. The smallest absolute Gasteiger partial charge is 0.243 e. The minimum absolute atomic E-state index is 0.0167. The van der Waals surface area contributed by atoms with E-state index in [1.165, 1.54) is 10.6 Å². The van der Waals surface area contributed by atoms with Crippen molar-refractivity contribution in [3.05, 3.63) is 65.7 Å². The third-order valence-electron chi connectivity index (χ3n) is 6.06. The van der Waals surface area contributed by atoms with Crippen LogP contribution in [0.15, 0.2) is 54.6 Å². The number of carbonyl (C=O) groups excluding carboxylic acids is 2. The molecule has 2 amide bonds. The Labute approximate surface area is 210 Å². The molecule has 0 fully saturated rings. The standard InChI is InChI=1S/C27H39N3O4S/c1-6-22(4)28-27(32)25(7-2)29(20-23-12-9-8-10-13-23)26(31)14-11-19-30(35(5,33)34)24-17-15-21(3)16-18-24/h8-10,12-13,15-18,22,25H,6-7,11,14,19-20H2,1-5H3,(H,28,32)/t22-,25+/m0/s1. The van der Waals surface area contributed by atoms with Gasteiger partial charge in [0, 0.05) is 25.6 Å². The summed E-state index contributed by atoms with van der Waals surface area (Å²) in [6.07, 6.45) is 2.93. The highest BCUT2D eigenvalue weighted by molar-refractivity contribution is 7.92. The van der Waals surface area contributed by atoms with Crippen LogP contribution in [0.3, 0.4) is 0 Å². The summed E-state index contributed by atoms with van der Waals surface area (Å²) in [4.78, 5) is 28.0. The van der Waals surface area contributed by atoms with Gasteiger partial charge in [-0.15, -0.1) is 0 Å². The van der Waals surface area contributed by atoms with Crippen molar-refractivity contribution in [2.45, 2.75) is 72.0 Å². The highest BCUT2D eigenvalue weighted by Crippen LogP contribution is 2.20. The van der Waals surface area contributed by atoms with Gasteiger partial charge in [-0.25, -0.2) is 8.42 Å². The average molecular weight is 502 g/mol. The molecule has 8 heteroatoms. The number of rotatable bonds is 13. The monoisotopic (exact) mass is 501 g/mol. The van der Waals surface area contributed by atoms with E-state index in [-0.39, 0.29) is 30.8 Å².